The van der Waals surface area contributed by atoms with Gasteiger partial charge in [0.25, 0.3) is 0 Å². The van der Waals surface area contributed by atoms with Crippen LogP contribution < -0.4 is 0 Å². The predicted molar refractivity (Wildman–Crippen MR) is 182 cm³/mol. The van der Waals surface area contributed by atoms with Crippen molar-refractivity contribution in [3.63, 3.8) is 0 Å². The number of nitriles is 2. The molecule has 0 spiro atoms. The number of nitrogens with zero attached hydrogens (tertiary/aromatic N) is 8. The average molecular weight is 773 g/mol. The lowest BCUT2D eigenvalue weighted by Crippen LogP contribution is -1.97. The van der Waals surface area contributed by atoms with Gasteiger partial charge in [-0.3, -0.25) is 0 Å². The Morgan fingerprint density at radius 3 is 1.68 bits per heavy atom. The fraction of sp³-hybridized carbons (Fsp3) is 0. The van der Waals surface area contributed by atoms with Gasteiger partial charge in [0.15, 0.2) is 0 Å². The zero-order chi connectivity index (χ0) is 33.8. The molecule has 0 unspecified atom stereocenters. The van der Waals surface area contributed by atoms with Gasteiger partial charge in [-0.25, -0.2) is 28.1 Å². The molecule has 0 aliphatic heterocycles. The Hall–Kier alpha value is -5.57. The lowest BCUT2D eigenvalue weighted by molar-refractivity contribution is 0.624. The van der Waals surface area contributed by atoms with E-state index in [0.29, 0.717) is 27.4 Å². The maximum absolute atomic E-state index is 13.5. The zero-order valence-corrected chi connectivity index (χ0v) is 27.5. The van der Waals surface area contributed by atoms with Crippen molar-refractivity contribution in [3.8, 4) is 47.7 Å². The zero-order valence-electron chi connectivity index (χ0n) is 23.8. The third kappa shape index (κ3) is 10.5. The topological polar surface area (TPSA) is 109 Å². The third-order valence-corrected chi connectivity index (χ3v) is 6.64. The molecule has 0 N–H and O–H groups in total. The number of terminal acetylenes is 1. The summed E-state index contributed by atoms with van der Waals surface area (Å²) in [4.78, 5) is 7.64. The molecular formula is C34H17Cl2F2IN8. The average Bonchev–Trinajstić information content (AvgIpc) is 3.73. The van der Waals surface area contributed by atoms with E-state index in [1.807, 2.05) is 12.1 Å². The summed E-state index contributed by atoms with van der Waals surface area (Å²) in [5.74, 6) is 7.33. The molecule has 6 rings (SSSR count). The summed E-state index contributed by atoms with van der Waals surface area (Å²) in [6.45, 7) is 0. The van der Waals surface area contributed by atoms with Crippen molar-refractivity contribution in [2.45, 2.75) is 0 Å². The molecule has 0 saturated heterocycles. The van der Waals surface area contributed by atoms with Crippen LogP contribution in [0.4, 0.5) is 8.78 Å². The van der Waals surface area contributed by atoms with E-state index in [2.05, 4.69) is 60.5 Å². The normalized spacial score (nSPS) is 9.57. The van der Waals surface area contributed by atoms with E-state index in [4.69, 9.17) is 40.1 Å². The highest BCUT2D eigenvalue weighted by Gasteiger charge is 2.05. The predicted octanol–water partition coefficient (Wildman–Crippen LogP) is 7.54. The molecule has 228 valence electrons. The minimum Gasteiger partial charge on any atom is -0.244 e. The van der Waals surface area contributed by atoms with E-state index in [1.54, 1.807) is 73.3 Å². The highest BCUT2D eigenvalue weighted by atomic mass is 127. The Balaban J connectivity index is 0.000000178. The Bertz CT molecular complexity index is 2230. The molecule has 2 aromatic carbocycles. The van der Waals surface area contributed by atoms with Crippen molar-refractivity contribution in [2.75, 3.05) is 0 Å². The molecule has 4 heterocycles. The van der Waals surface area contributed by atoms with Crippen LogP contribution in [0.1, 0.15) is 27.9 Å². The van der Waals surface area contributed by atoms with Crippen LogP contribution in [0.5, 0.6) is 0 Å². The summed E-state index contributed by atoms with van der Waals surface area (Å²) in [5, 5.41) is 26.8. The Kier molecular flexibility index (Phi) is 12.2. The standard InChI is InChI=1S/C17H8ClFN4.C10H5FIN3.C7H4ClN/c18-17-9-12(3-5-21-17)1-2-15-4-6-23(22-15)16-8-13(11-20)7-14(19)10-16;11-8-3-7(6-13)4-9(5-8)15-2-1-10(12)14-15;1-2-6-3-4-9-7(8)5-6/h3-10H;1-5H;1,3-5H. The van der Waals surface area contributed by atoms with Crippen LogP contribution in [-0.4, -0.2) is 29.5 Å². The molecule has 0 atom stereocenters. The van der Waals surface area contributed by atoms with Crippen molar-refractivity contribution in [3.05, 3.63) is 151 Å². The first kappa shape index (κ1) is 34.3. The molecule has 8 nitrogen and oxygen atoms in total. The highest BCUT2D eigenvalue weighted by molar-refractivity contribution is 14.1. The van der Waals surface area contributed by atoms with Crippen LogP contribution in [0.3, 0.4) is 0 Å². The van der Waals surface area contributed by atoms with Gasteiger partial charge in [0.2, 0.25) is 0 Å². The highest BCUT2D eigenvalue weighted by Crippen LogP contribution is 2.15. The lowest BCUT2D eigenvalue weighted by Gasteiger charge is -2.01. The van der Waals surface area contributed by atoms with Crippen molar-refractivity contribution < 1.29 is 8.78 Å². The van der Waals surface area contributed by atoms with E-state index < -0.39 is 11.6 Å². The Morgan fingerprint density at radius 2 is 1.19 bits per heavy atom. The largest absolute Gasteiger partial charge is 0.244 e. The molecule has 6 aromatic rings. The Morgan fingerprint density at radius 1 is 0.660 bits per heavy atom. The van der Waals surface area contributed by atoms with Gasteiger partial charge in [0.05, 0.1) is 34.6 Å². The van der Waals surface area contributed by atoms with E-state index in [-0.39, 0.29) is 11.1 Å². The summed E-state index contributed by atoms with van der Waals surface area (Å²) in [6, 6.07) is 22.2. The number of pyridine rings is 2. The fourth-order valence-corrected chi connectivity index (χ4v) is 4.37. The van der Waals surface area contributed by atoms with E-state index in [9.17, 15) is 8.78 Å². The summed E-state index contributed by atoms with van der Waals surface area (Å²) in [7, 11) is 0. The van der Waals surface area contributed by atoms with Crippen LogP contribution >= 0.6 is 45.8 Å². The quantitative estimate of drug-likeness (QED) is 0.102. The summed E-state index contributed by atoms with van der Waals surface area (Å²) in [5.41, 5.74) is 3.52. The third-order valence-electron chi connectivity index (χ3n) is 5.65. The second-order valence-corrected chi connectivity index (χ2v) is 10.9. The van der Waals surface area contributed by atoms with Gasteiger partial charge in [0, 0.05) is 35.9 Å². The summed E-state index contributed by atoms with van der Waals surface area (Å²) in [6.07, 6.45) is 11.6. The number of halogens is 5. The molecule has 47 heavy (non-hydrogen) atoms. The van der Waals surface area contributed by atoms with Crippen LogP contribution in [0.15, 0.2) is 97.6 Å². The van der Waals surface area contributed by atoms with E-state index >= 15 is 0 Å². The van der Waals surface area contributed by atoms with Crippen molar-refractivity contribution >= 4 is 45.8 Å². The van der Waals surface area contributed by atoms with Gasteiger partial charge in [-0.05, 0) is 101 Å². The molecule has 0 bridgehead atoms. The number of benzene rings is 2. The molecule has 0 aliphatic rings. The molecule has 0 saturated carbocycles. The van der Waals surface area contributed by atoms with Gasteiger partial charge in [-0.1, -0.05) is 35.0 Å². The monoisotopic (exact) mass is 772 g/mol. The lowest BCUT2D eigenvalue weighted by atomic mass is 10.2. The molecule has 0 amide bonds. The number of hydrogen-bond donors (Lipinski definition) is 0. The SMILES string of the molecule is C#Cc1ccnc(Cl)c1.N#Cc1cc(F)cc(-n2ccc(C#Cc3ccnc(Cl)c3)n2)c1.N#Cc1cc(F)cc(-n2ccc(I)n2)c1. The second-order valence-electron chi connectivity index (χ2n) is 8.98. The number of aromatic nitrogens is 6. The van der Waals surface area contributed by atoms with E-state index in [1.165, 1.54) is 33.6 Å². The van der Waals surface area contributed by atoms with Gasteiger partial charge in [-0.15, -0.1) is 6.42 Å². The van der Waals surface area contributed by atoms with Gasteiger partial charge >= 0.3 is 0 Å². The van der Waals surface area contributed by atoms with Gasteiger partial charge in [0.1, 0.15) is 31.3 Å². The molecule has 4 aromatic heterocycles. The molecule has 0 aliphatic carbocycles. The van der Waals surface area contributed by atoms with Crippen molar-refractivity contribution in [2.24, 2.45) is 0 Å². The fourth-order valence-electron chi connectivity index (χ4n) is 3.63. The first-order chi connectivity index (χ1) is 22.6. The maximum Gasteiger partial charge on any atom is 0.136 e. The molecule has 13 heteroatoms. The van der Waals surface area contributed by atoms with Gasteiger partial charge in [-0.2, -0.15) is 20.7 Å². The first-order valence-corrected chi connectivity index (χ1v) is 14.9. The van der Waals surface area contributed by atoms with Crippen molar-refractivity contribution in [1.29, 1.82) is 10.5 Å². The number of rotatable bonds is 2. The number of hydrogen-bond acceptors (Lipinski definition) is 6. The van der Waals surface area contributed by atoms with Crippen LogP contribution in [0.2, 0.25) is 10.3 Å². The second kappa shape index (κ2) is 16.7. The smallest absolute Gasteiger partial charge is 0.136 e. The maximum atomic E-state index is 13.5. The molecule has 0 radical (unpaired) electrons. The first-order valence-electron chi connectivity index (χ1n) is 13.1. The van der Waals surface area contributed by atoms with Crippen LogP contribution in [-0.2, 0) is 0 Å². The summed E-state index contributed by atoms with van der Waals surface area (Å²) >= 11 is 13.4. The van der Waals surface area contributed by atoms with Crippen LogP contribution in [0.25, 0.3) is 11.4 Å². The summed E-state index contributed by atoms with van der Waals surface area (Å²) < 4.78 is 30.4. The Labute approximate surface area is 292 Å². The van der Waals surface area contributed by atoms with E-state index in [0.717, 1.165) is 14.8 Å². The minimum absolute atomic E-state index is 0.231. The molecular weight excluding hydrogens is 756 g/mol. The molecule has 0 fully saturated rings. The minimum atomic E-state index is -0.492. The van der Waals surface area contributed by atoms with Gasteiger partial charge < -0.3 is 0 Å². The van der Waals surface area contributed by atoms with Crippen LogP contribution in [0, 0.1) is 62.2 Å². The van der Waals surface area contributed by atoms with Crippen molar-refractivity contribution in [1.82, 2.24) is 29.5 Å².